The van der Waals surface area contributed by atoms with Gasteiger partial charge in [-0.15, -0.1) is 0 Å². The summed E-state index contributed by atoms with van der Waals surface area (Å²) in [5.74, 6) is 1.95. The minimum absolute atomic E-state index is 0. The molecule has 1 saturated carbocycles. The quantitative estimate of drug-likeness (QED) is 0.612. The van der Waals surface area contributed by atoms with E-state index in [1.807, 2.05) is 0 Å². The zero-order valence-corrected chi connectivity index (χ0v) is 12.5. The summed E-state index contributed by atoms with van der Waals surface area (Å²) in [6.07, 6.45) is 13.1. The van der Waals surface area contributed by atoms with Crippen LogP contribution in [0, 0.1) is 17.3 Å². The first-order valence-corrected chi connectivity index (χ1v) is 7.56. The van der Waals surface area contributed by atoms with E-state index >= 15 is 0 Å². The van der Waals surface area contributed by atoms with Gasteiger partial charge in [0.25, 0.3) is 0 Å². The van der Waals surface area contributed by atoms with Gasteiger partial charge in [-0.1, -0.05) is 66.2 Å². The van der Waals surface area contributed by atoms with E-state index in [1.54, 1.807) is 0 Å². The third kappa shape index (κ3) is 6.45. The molecule has 0 bridgehead atoms. The van der Waals surface area contributed by atoms with E-state index in [0.717, 1.165) is 11.8 Å². The van der Waals surface area contributed by atoms with Crippen molar-refractivity contribution in [1.82, 2.24) is 0 Å². The summed E-state index contributed by atoms with van der Waals surface area (Å²) in [6.45, 7) is 9.68. The fourth-order valence-corrected chi connectivity index (χ4v) is 3.22. The van der Waals surface area contributed by atoms with Crippen LogP contribution in [0.2, 0.25) is 0 Å². The second kappa shape index (κ2) is 8.13. The molecule has 0 spiro atoms. The normalized spacial score (nSPS) is 30.7. The average molecular weight is 244 g/mol. The van der Waals surface area contributed by atoms with Crippen LogP contribution in [0.3, 0.4) is 0 Å². The van der Waals surface area contributed by atoms with Crippen LogP contribution in [0.15, 0.2) is 0 Å². The Morgan fingerprint density at radius 3 is 2.35 bits per heavy atom. The van der Waals surface area contributed by atoms with Crippen molar-refractivity contribution in [3.8, 4) is 0 Å². The maximum Gasteiger partial charge on any atom is 0 e. The molecule has 2 N–H and O–H groups in total. The molecule has 1 aliphatic rings. The van der Waals surface area contributed by atoms with Crippen molar-refractivity contribution >= 4 is 0 Å². The SMILES string of the molecule is CCCC(C)CCCC1(C)CCC(C)CC1.O.[HH]. The molecule has 0 amide bonds. The minimum Gasteiger partial charge on any atom is -0.412 e. The Bertz CT molecular complexity index is 186. The molecule has 0 aromatic rings. The van der Waals surface area contributed by atoms with Crippen molar-refractivity contribution in [3.63, 3.8) is 0 Å². The largest absolute Gasteiger partial charge is 0.412 e. The van der Waals surface area contributed by atoms with Gasteiger partial charge >= 0.3 is 0 Å². The van der Waals surface area contributed by atoms with Crippen molar-refractivity contribution in [2.75, 3.05) is 0 Å². The topological polar surface area (TPSA) is 31.5 Å². The molecule has 1 nitrogen and oxygen atoms in total. The van der Waals surface area contributed by atoms with Gasteiger partial charge < -0.3 is 5.48 Å². The van der Waals surface area contributed by atoms with E-state index < -0.39 is 0 Å². The molecule has 1 unspecified atom stereocenters. The third-order valence-electron chi connectivity index (χ3n) is 4.74. The van der Waals surface area contributed by atoms with E-state index in [1.165, 1.54) is 57.8 Å². The Kier molecular flexibility index (Phi) is 8.11. The molecular weight excluding hydrogens is 208 g/mol. The van der Waals surface area contributed by atoms with Crippen molar-refractivity contribution in [2.45, 2.75) is 85.5 Å². The molecule has 1 heteroatoms. The van der Waals surface area contributed by atoms with Gasteiger partial charge in [0, 0.05) is 1.43 Å². The first-order valence-electron chi connectivity index (χ1n) is 7.56. The van der Waals surface area contributed by atoms with Crippen LogP contribution in [0.1, 0.15) is 86.9 Å². The Hall–Kier alpha value is -0.0400. The fourth-order valence-electron chi connectivity index (χ4n) is 3.22. The van der Waals surface area contributed by atoms with Crippen molar-refractivity contribution in [3.05, 3.63) is 0 Å². The molecule has 0 radical (unpaired) electrons. The summed E-state index contributed by atoms with van der Waals surface area (Å²) in [5, 5.41) is 0. The van der Waals surface area contributed by atoms with Gasteiger partial charge in [-0.2, -0.15) is 0 Å². The molecule has 17 heavy (non-hydrogen) atoms. The zero-order chi connectivity index (χ0) is 12.0. The van der Waals surface area contributed by atoms with Crippen LogP contribution in [-0.2, 0) is 0 Å². The highest BCUT2D eigenvalue weighted by atomic mass is 16.0. The van der Waals surface area contributed by atoms with Crippen molar-refractivity contribution in [2.24, 2.45) is 17.3 Å². The predicted octanol–water partition coefficient (Wildman–Crippen LogP) is 5.23. The molecule has 0 aromatic heterocycles. The second-order valence-corrected chi connectivity index (χ2v) is 6.78. The van der Waals surface area contributed by atoms with Crippen molar-refractivity contribution in [1.29, 1.82) is 0 Å². The van der Waals surface area contributed by atoms with E-state index in [4.69, 9.17) is 0 Å². The lowest BCUT2D eigenvalue weighted by atomic mass is 9.69. The van der Waals surface area contributed by atoms with Crippen LogP contribution in [-0.4, -0.2) is 5.48 Å². The lowest BCUT2D eigenvalue weighted by Gasteiger charge is -2.36. The predicted molar refractivity (Wildman–Crippen MR) is 79.4 cm³/mol. The molecule has 1 fully saturated rings. The molecule has 0 heterocycles. The van der Waals surface area contributed by atoms with E-state index in [9.17, 15) is 0 Å². The van der Waals surface area contributed by atoms with Crippen LogP contribution >= 0.6 is 0 Å². The highest BCUT2D eigenvalue weighted by molar-refractivity contribution is 4.80. The lowest BCUT2D eigenvalue weighted by molar-refractivity contribution is 0.157. The van der Waals surface area contributed by atoms with E-state index in [0.29, 0.717) is 5.41 Å². The first-order chi connectivity index (χ1) is 7.56. The Morgan fingerprint density at radius 2 is 1.82 bits per heavy atom. The average Bonchev–Trinajstić information content (AvgIpc) is 2.23. The van der Waals surface area contributed by atoms with Gasteiger partial charge in [-0.3, -0.25) is 0 Å². The van der Waals surface area contributed by atoms with Gasteiger partial charge in [0.15, 0.2) is 0 Å². The van der Waals surface area contributed by atoms with Crippen LogP contribution in [0.25, 0.3) is 0 Å². The summed E-state index contributed by atoms with van der Waals surface area (Å²) in [4.78, 5) is 0. The molecule has 1 atom stereocenters. The smallest absolute Gasteiger partial charge is 0 e. The second-order valence-electron chi connectivity index (χ2n) is 6.78. The summed E-state index contributed by atoms with van der Waals surface area (Å²) in [7, 11) is 0. The summed E-state index contributed by atoms with van der Waals surface area (Å²) in [6, 6.07) is 0. The zero-order valence-electron chi connectivity index (χ0n) is 12.5. The van der Waals surface area contributed by atoms with Crippen LogP contribution < -0.4 is 0 Å². The highest BCUT2D eigenvalue weighted by Gasteiger charge is 2.28. The Morgan fingerprint density at radius 1 is 1.24 bits per heavy atom. The molecular formula is C16H36O. The standard InChI is InChI=1S/C16H32.H2O.H2/c1-5-7-14(2)8-6-11-16(4)12-9-15(3)10-13-16;;/h14-15H,5-13H2,1-4H3;1H2;1H. The maximum atomic E-state index is 2.53. The lowest BCUT2D eigenvalue weighted by Crippen LogP contribution is -2.23. The first kappa shape index (κ1) is 17.0. The van der Waals surface area contributed by atoms with Gasteiger partial charge in [-0.25, -0.2) is 0 Å². The maximum absolute atomic E-state index is 2.53. The van der Waals surface area contributed by atoms with Gasteiger partial charge in [-0.05, 0) is 36.5 Å². The highest BCUT2D eigenvalue weighted by Crippen LogP contribution is 2.42. The Balaban J connectivity index is 0. The van der Waals surface area contributed by atoms with E-state index in [-0.39, 0.29) is 6.90 Å². The van der Waals surface area contributed by atoms with Crippen LogP contribution in [0.5, 0.6) is 0 Å². The summed E-state index contributed by atoms with van der Waals surface area (Å²) < 4.78 is 0. The summed E-state index contributed by atoms with van der Waals surface area (Å²) >= 11 is 0. The summed E-state index contributed by atoms with van der Waals surface area (Å²) in [5.41, 5.74) is 0.693. The molecule has 0 aliphatic heterocycles. The minimum atomic E-state index is 0. The van der Waals surface area contributed by atoms with E-state index in [2.05, 4.69) is 27.7 Å². The fraction of sp³-hybridized carbons (Fsp3) is 1.00. The third-order valence-corrected chi connectivity index (χ3v) is 4.74. The molecule has 0 aromatic carbocycles. The molecule has 0 saturated heterocycles. The monoisotopic (exact) mass is 244 g/mol. The number of hydrogen-bond acceptors (Lipinski definition) is 0. The van der Waals surface area contributed by atoms with Gasteiger partial charge in [0.2, 0.25) is 0 Å². The van der Waals surface area contributed by atoms with Crippen molar-refractivity contribution < 1.29 is 6.90 Å². The Labute approximate surface area is 110 Å². The molecule has 1 aliphatic carbocycles. The van der Waals surface area contributed by atoms with Gasteiger partial charge in [0.05, 0.1) is 0 Å². The van der Waals surface area contributed by atoms with Crippen LogP contribution in [0.4, 0.5) is 0 Å². The molecule has 106 valence electrons. The number of hydrogen-bond donors (Lipinski definition) is 0. The number of rotatable bonds is 6. The molecule has 1 rings (SSSR count). The van der Waals surface area contributed by atoms with Gasteiger partial charge in [0.1, 0.15) is 0 Å².